The van der Waals surface area contributed by atoms with Crippen molar-refractivity contribution in [2.75, 3.05) is 11.8 Å². The fourth-order valence-corrected chi connectivity index (χ4v) is 5.93. The molecular formula is C12H11BrCl2N2O2S2. The highest BCUT2D eigenvalue weighted by Gasteiger charge is 2.21. The van der Waals surface area contributed by atoms with E-state index >= 15 is 0 Å². The van der Waals surface area contributed by atoms with Gasteiger partial charge < -0.3 is 5.32 Å². The number of benzene rings is 1. The SMILES string of the molecule is CNCc1cc(S(=O)(=O)Nc2cc(Cl)cc(Cl)c2)c(Br)s1. The highest BCUT2D eigenvalue weighted by molar-refractivity contribution is 9.11. The summed E-state index contributed by atoms with van der Waals surface area (Å²) >= 11 is 16.4. The lowest BCUT2D eigenvalue weighted by atomic mass is 10.3. The van der Waals surface area contributed by atoms with Crippen molar-refractivity contribution in [3.05, 3.63) is 43.0 Å². The standard InChI is InChI=1S/C12H11BrCl2N2O2S2/c1-16-6-10-5-11(12(13)20-10)21(18,19)17-9-3-7(14)2-8(15)4-9/h2-5,16-17H,6H2,1H3. The molecule has 21 heavy (non-hydrogen) atoms. The third-order valence-electron chi connectivity index (χ3n) is 2.46. The van der Waals surface area contributed by atoms with Crippen LogP contribution in [0.15, 0.2) is 32.9 Å². The van der Waals surface area contributed by atoms with Crippen LogP contribution >= 0.6 is 50.5 Å². The van der Waals surface area contributed by atoms with E-state index in [1.54, 1.807) is 13.1 Å². The van der Waals surface area contributed by atoms with Gasteiger partial charge in [-0.2, -0.15) is 0 Å². The zero-order chi connectivity index (χ0) is 15.6. The maximum absolute atomic E-state index is 12.4. The van der Waals surface area contributed by atoms with E-state index < -0.39 is 10.0 Å². The molecule has 0 saturated heterocycles. The van der Waals surface area contributed by atoms with Crippen LogP contribution in [0.2, 0.25) is 10.0 Å². The first kappa shape index (κ1) is 17.1. The number of thiophene rings is 1. The fraction of sp³-hybridized carbons (Fsp3) is 0.167. The zero-order valence-corrected chi connectivity index (χ0v) is 15.5. The first-order chi connectivity index (χ1) is 9.81. The molecule has 0 spiro atoms. The average molecular weight is 430 g/mol. The molecule has 0 saturated carbocycles. The second-order valence-corrected chi connectivity index (χ2v) is 9.12. The van der Waals surface area contributed by atoms with Crippen LogP contribution in [0.3, 0.4) is 0 Å². The van der Waals surface area contributed by atoms with Gasteiger partial charge in [-0.15, -0.1) is 11.3 Å². The summed E-state index contributed by atoms with van der Waals surface area (Å²) in [5.74, 6) is 0. The normalized spacial score (nSPS) is 11.6. The molecule has 114 valence electrons. The molecule has 0 unspecified atom stereocenters. The first-order valence-electron chi connectivity index (χ1n) is 5.73. The van der Waals surface area contributed by atoms with Crippen molar-refractivity contribution in [3.8, 4) is 0 Å². The lowest BCUT2D eigenvalue weighted by Crippen LogP contribution is -2.12. The number of nitrogens with one attached hydrogen (secondary N) is 2. The number of halogens is 3. The lowest BCUT2D eigenvalue weighted by molar-refractivity contribution is 0.601. The van der Waals surface area contributed by atoms with Crippen molar-refractivity contribution < 1.29 is 8.42 Å². The smallest absolute Gasteiger partial charge is 0.263 e. The Morgan fingerprint density at radius 1 is 1.19 bits per heavy atom. The maximum Gasteiger partial charge on any atom is 0.263 e. The Hall–Kier alpha value is -0.310. The summed E-state index contributed by atoms with van der Waals surface area (Å²) in [6, 6.07) is 6.16. The van der Waals surface area contributed by atoms with Gasteiger partial charge in [-0.1, -0.05) is 23.2 Å². The van der Waals surface area contributed by atoms with E-state index in [-0.39, 0.29) is 4.90 Å². The predicted molar refractivity (Wildman–Crippen MR) is 92.1 cm³/mol. The quantitative estimate of drug-likeness (QED) is 0.743. The number of hydrogen-bond acceptors (Lipinski definition) is 4. The molecule has 2 N–H and O–H groups in total. The molecule has 0 radical (unpaired) electrons. The van der Waals surface area contributed by atoms with Gasteiger partial charge in [0.15, 0.2) is 0 Å². The van der Waals surface area contributed by atoms with Gasteiger partial charge in [0.05, 0.1) is 9.47 Å². The predicted octanol–water partition coefficient (Wildman–Crippen LogP) is 4.34. The van der Waals surface area contributed by atoms with Gasteiger partial charge in [-0.05, 0) is 47.2 Å². The second-order valence-electron chi connectivity index (χ2n) is 4.14. The van der Waals surface area contributed by atoms with E-state index in [0.717, 1.165) is 4.88 Å². The van der Waals surface area contributed by atoms with E-state index in [4.69, 9.17) is 23.2 Å². The number of hydrogen-bond donors (Lipinski definition) is 2. The molecule has 0 aliphatic rings. The summed E-state index contributed by atoms with van der Waals surface area (Å²) in [6.07, 6.45) is 0. The molecule has 0 aliphatic heterocycles. The minimum Gasteiger partial charge on any atom is -0.315 e. The summed E-state index contributed by atoms with van der Waals surface area (Å²) in [6.45, 7) is 0.599. The molecular weight excluding hydrogens is 419 g/mol. The van der Waals surface area contributed by atoms with E-state index in [1.165, 1.54) is 29.5 Å². The Morgan fingerprint density at radius 3 is 2.38 bits per heavy atom. The molecule has 2 rings (SSSR count). The van der Waals surface area contributed by atoms with E-state index in [9.17, 15) is 8.42 Å². The summed E-state index contributed by atoms with van der Waals surface area (Å²) in [5, 5.41) is 3.70. The van der Waals surface area contributed by atoms with E-state index in [2.05, 4.69) is 26.0 Å². The van der Waals surface area contributed by atoms with Gasteiger partial charge in [0.25, 0.3) is 10.0 Å². The summed E-state index contributed by atoms with van der Waals surface area (Å²) in [4.78, 5) is 1.10. The van der Waals surface area contributed by atoms with Gasteiger partial charge in [0.2, 0.25) is 0 Å². The van der Waals surface area contributed by atoms with Gasteiger partial charge in [0, 0.05) is 21.5 Å². The summed E-state index contributed by atoms with van der Waals surface area (Å²) in [5.41, 5.74) is 0.320. The van der Waals surface area contributed by atoms with Crippen LogP contribution in [-0.4, -0.2) is 15.5 Å². The van der Waals surface area contributed by atoms with Crippen molar-refractivity contribution in [1.82, 2.24) is 5.32 Å². The van der Waals surface area contributed by atoms with Gasteiger partial charge in [-0.3, -0.25) is 4.72 Å². The third kappa shape index (κ3) is 4.34. The third-order valence-corrected chi connectivity index (χ3v) is 6.53. The largest absolute Gasteiger partial charge is 0.315 e. The van der Waals surface area contributed by atoms with Crippen LogP contribution in [0.1, 0.15) is 4.88 Å². The van der Waals surface area contributed by atoms with Gasteiger partial charge in [-0.25, -0.2) is 8.42 Å². The van der Waals surface area contributed by atoms with Crippen LogP contribution in [0.25, 0.3) is 0 Å². The van der Waals surface area contributed by atoms with Crippen LogP contribution in [0, 0.1) is 0 Å². The van der Waals surface area contributed by atoms with Crippen LogP contribution in [0.5, 0.6) is 0 Å². The molecule has 1 heterocycles. The average Bonchev–Trinajstić information content (AvgIpc) is 2.69. The molecule has 0 amide bonds. The number of anilines is 1. The maximum atomic E-state index is 12.4. The molecule has 1 aromatic carbocycles. The fourth-order valence-electron chi connectivity index (χ4n) is 1.67. The molecule has 1 aromatic heterocycles. The Balaban J connectivity index is 2.33. The number of sulfonamides is 1. The van der Waals surface area contributed by atoms with Crippen molar-refractivity contribution in [3.63, 3.8) is 0 Å². The van der Waals surface area contributed by atoms with Crippen LogP contribution < -0.4 is 10.0 Å². The molecule has 0 atom stereocenters. The van der Waals surface area contributed by atoms with E-state index in [0.29, 0.717) is 26.1 Å². The Kier molecular flexibility index (Phi) is 5.56. The van der Waals surface area contributed by atoms with Crippen LogP contribution in [-0.2, 0) is 16.6 Å². The molecule has 0 aliphatic carbocycles. The first-order valence-corrected chi connectivity index (χ1v) is 9.58. The van der Waals surface area contributed by atoms with Gasteiger partial charge in [0.1, 0.15) is 4.90 Å². The molecule has 0 fully saturated rings. The molecule has 4 nitrogen and oxygen atoms in total. The summed E-state index contributed by atoms with van der Waals surface area (Å²) in [7, 11) is -1.91. The zero-order valence-electron chi connectivity index (χ0n) is 10.8. The second kappa shape index (κ2) is 6.85. The Morgan fingerprint density at radius 2 is 1.81 bits per heavy atom. The summed E-state index contributed by atoms with van der Waals surface area (Å²) < 4.78 is 27.9. The van der Waals surface area contributed by atoms with Crippen molar-refractivity contribution in [2.45, 2.75) is 11.4 Å². The molecule has 0 bridgehead atoms. The van der Waals surface area contributed by atoms with E-state index in [1.807, 2.05) is 0 Å². The topological polar surface area (TPSA) is 58.2 Å². The van der Waals surface area contributed by atoms with Gasteiger partial charge >= 0.3 is 0 Å². The highest BCUT2D eigenvalue weighted by atomic mass is 79.9. The lowest BCUT2D eigenvalue weighted by Gasteiger charge is -2.08. The minimum atomic E-state index is -3.71. The Bertz CT molecular complexity index is 742. The van der Waals surface area contributed by atoms with Crippen molar-refractivity contribution in [2.24, 2.45) is 0 Å². The Labute approximate surface area is 145 Å². The van der Waals surface area contributed by atoms with Crippen LogP contribution in [0.4, 0.5) is 5.69 Å². The minimum absolute atomic E-state index is 0.189. The molecule has 2 aromatic rings. The van der Waals surface area contributed by atoms with Crippen molar-refractivity contribution in [1.29, 1.82) is 0 Å². The monoisotopic (exact) mass is 428 g/mol. The molecule has 9 heteroatoms. The van der Waals surface area contributed by atoms with Crippen molar-refractivity contribution >= 4 is 66.2 Å². The number of rotatable bonds is 5. The highest BCUT2D eigenvalue weighted by Crippen LogP contribution is 2.33.